The van der Waals surface area contributed by atoms with Crippen LogP contribution >= 0.6 is 11.6 Å². The summed E-state index contributed by atoms with van der Waals surface area (Å²) in [6.45, 7) is 0.891. The summed E-state index contributed by atoms with van der Waals surface area (Å²) in [5, 5.41) is 0. The maximum Gasteiger partial charge on any atom is 0.0462 e. The first-order valence-electron chi connectivity index (χ1n) is 3.46. The van der Waals surface area contributed by atoms with Crippen molar-refractivity contribution >= 4 is 11.6 Å². The number of methoxy groups -OCH3 is 1. The van der Waals surface area contributed by atoms with E-state index in [1.54, 1.807) is 7.11 Å². The molecule has 0 aliphatic carbocycles. The number of ether oxygens (including phenoxy) is 1. The van der Waals surface area contributed by atoms with Crippen LogP contribution in [0.15, 0.2) is 0 Å². The summed E-state index contributed by atoms with van der Waals surface area (Å²) in [6, 6.07) is 0. The van der Waals surface area contributed by atoms with E-state index in [1.165, 1.54) is 19.3 Å². The molecule has 0 aromatic heterocycles. The first kappa shape index (κ1) is 9.25. The molecule has 0 spiro atoms. The van der Waals surface area contributed by atoms with E-state index in [2.05, 4.69) is 0 Å². The van der Waals surface area contributed by atoms with Gasteiger partial charge in [-0.2, -0.15) is 0 Å². The molecule has 2 heteroatoms. The Bertz CT molecular complexity index is 42.2. The van der Waals surface area contributed by atoms with E-state index in [-0.39, 0.29) is 0 Å². The van der Waals surface area contributed by atoms with Gasteiger partial charge in [0.2, 0.25) is 0 Å². The number of alkyl halides is 1. The van der Waals surface area contributed by atoms with Crippen molar-refractivity contribution in [2.24, 2.45) is 0 Å². The standard InChI is InChI=1S/C7H15ClO/c1-9-7-5-3-2-4-6-8/h2-7H2,1H3. The molecule has 9 heavy (non-hydrogen) atoms. The minimum Gasteiger partial charge on any atom is -0.385 e. The molecule has 0 radical (unpaired) electrons. The highest BCUT2D eigenvalue weighted by Crippen LogP contribution is 2.00. The van der Waals surface area contributed by atoms with Crippen LogP contribution in [0.3, 0.4) is 0 Å². The molecule has 0 N–H and O–H groups in total. The first-order chi connectivity index (χ1) is 4.41. The van der Waals surface area contributed by atoms with Crippen molar-refractivity contribution in [3.05, 3.63) is 0 Å². The largest absolute Gasteiger partial charge is 0.385 e. The molecule has 0 saturated carbocycles. The predicted octanol–water partition coefficient (Wildman–Crippen LogP) is 2.43. The molecule has 0 heterocycles. The first-order valence-corrected chi connectivity index (χ1v) is 4.00. The number of halogens is 1. The highest BCUT2D eigenvalue weighted by Gasteiger charge is 1.86. The van der Waals surface area contributed by atoms with Crippen LogP contribution < -0.4 is 0 Å². The van der Waals surface area contributed by atoms with Crippen LogP contribution in [0.2, 0.25) is 0 Å². The Hall–Kier alpha value is 0.250. The molecule has 0 unspecified atom stereocenters. The molecular weight excluding hydrogens is 136 g/mol. The van der Waals surface area contributed by atoms with Crippen molar-refractivity contribution < 1.29 is 4.74 Å². The molecule has 0 aromatic carbocycles. The lowest BCUT2D eigenvalue weighted by atomic mass is 10.2. The molecule has 0 aliphatic rings. The second-order valence-electron chi connectivity index (χ2n) is 2.10. The fraction of sp³-hybridized carbons (Fsp3) is 1.00. The van der Waals surface area contributed by atoms with Gasteiger partial charge in [-0.15, -0.1) is 11.6 Å². The average Bonchev–Trinajstić information content (AvgIpc) is 1.89. The topological polar surface area (TPSA) is 9.23 Å². The molecule has 0 amide bonds. The third-order valence-electron chi connectivity index (χ3n) is 1.23. The van der Waals surface area contributed by atoms with Gasteiger partial charge >= 0.3 is 0 Å². The van der Waals surface area contributed by atoms with Gasteiger partial charge in [-0.3, -0.25) is 0 Å². The van der Waals surface area contributed by atoms with Crippen LogP contribution in [0.4, 0.5) is 0 Å². The van der Waals surface area contributed by atoms with E-state index in [9.17, 15) is 0 Å². The Morgan fingerprint density at radius 1 is 1.11 bits per heavy atom. The summed E-state index contributed by atoms with van der Waals surface area (Å²) < 4.78 is 4.89. The van der Waals surface area contributed by atoms with Gasteiger partial charge in [-0.25, -0.2) is 0 Å². The lowest BCUT2D eigenvalue weighted by molar-refractivity contribution is 0.192. The Labute approximate surface area is 62.3 Å². The van der Waals surface area contributed by atoms with Gasteiger partial charge < -0.3 is 4.74 Å². The minimum absolute atomic E-state index is 0.799. The summed E-state index contributed by atoms with van der Waals surface area (Å²) in [4.78, 5) is 0. The van der Waals surface area contributed by atoms with Crippen molar-refractivity contribution in [2.75, 3.05) is 19.6 Å². The Morgan fingerprint density at radius 2 is 1.78 bits per heavy atom. The van der Waals surface area contributed by atoms with E-state index in [0.29, 0.717) is 0 Å². The molecule has 1 nitrogen and oxygen atoms in total. The lowest BCUT2D eigenvalue weighted by Crippen LogP contribution is -1.87. The molecule has 0 saturated heterocycles. The third-order valence-corrected chi connectivity index (χ3v) is 1.50. The molecule has 56 valence electrons. The fourth-order valence-electron chi connectivity index (χ4n) is 0.694. The van der Waals surface area contributed by atoms with Crippen LogP contribution in [0.5, 0.6) is 0 Å². The zero-order valence-electron chi connectivity index (χ0n) is 6.03. The summed E-state index contributed by atoms with van der Waals surface area (Å²) in [5.74, 6) is 0.799. The maximum absolute atomic E-state index is 5.48. The van der Waals surface area contributed by atoms with Crippen molar-refractivity contribution in [1.29, 1.82) is 0 Å². The number of hydrogen-bond donors (Lipinski definition) is 0. The van der Waals surface area contributed by atoms with Crippen LogP contribution in [0.1, 0.15) is 25.7 Å². The van der Waals surface area contributed by atoms with Gasteiger partial charge in [0.15, 0.2) is 0 Å². The quantitative estimate of drug-likeness (QED) is 0.418. The third kappa shape index (κ3) is 8.25. The second-order valence-corrected chi connectivity index (χ2v) is 2.47. The highest BCUT2D eigenvalue weighted by molar-refractivity contribution is 6.17. The number of rotatable bonds is 6. The molecule has 0 atom stereocenters. The molecule has 0 rings (SSSR count). The predicted molar refractivity (Wildman–Crippen MR) is 41.1 cm³/mol. The molecular formula is C7H15ClO. The van der Waals surface area contributed by atoms with Crippen molar-refractivity contribution in [2.45, 2.75) is 25.7 Å². The average molecular weight is 151 g/mol. The van der Waals surface area contributed by atoms with Gasteiger partial charge in [-0.1, -0.05) is 12.8 Å². The molecule has 0 bridgehead atoms. The fourth-order valence-corrected chi connectivity index (χ4v) is 0.883. The number of unbranched alkanes of at least 4 members (excludes halogenated alkanes) is 3. The summed E-state index contributed by atoms with van der Waals surface area (Å²) in [6.07, 6.45) is 4.81. The van der Waals surface area contributed by atoms with Gasteiger partial charge in [0.05, 0.1) is 0 Å². The summed E-state index contributed by atoms with van der Waals surface area (Å²) in [7, 11) is 1.74. The van der Waals surface area contributed by atoms with Crippen LogP contribution in [-0.2, 0) is 4.74 Å². The van der Waals surface area contributed by atoms with E-state index in [1.807, 2.05) is 0 Å². The van der Waals surface area contributed by atoms with Gasteiger partial charge in [0, 0.05) is 19.6 Å². The number of hydrogen-bond acceptors (Lipinski definition) is 1. The van der Waals surface area contributed by atoms with Crippen molar-refractivity contribution in [1.82, 2.24) is 0 Å². The molecule has 0 fully saturated rings. The molecule has 0 aliphatic heterocycles. The zero-order valence-corrected chi connectivity index (χ0v) is 6.78. The normalized spacial score (nSPS) is 10.0. The SMILES string of the molecule is COCCCCCCCl. The minimum atomic E-state index is 0.799. The Kier molecular flexibility index (Phi) is 8.48. The van der Waals surface area contributed by atoms with Crippen LogP contribution in [0.25, 0.3) is 0 Å². The van der Waals surface area contributed by atoms with Gasteiger partial charge in [0.1, 0.15) is 0 Å². The monoisotopic (exact) mass is 150 g/mol. The van der Waals surface area contributed by atoms with Crippen LogP contribution in [-0.4, -0.2) is 19.6 Å². The maximum atomic E-state index is 5.48. The Balaban J connectivity index is 2.60. The van der Waals surface area contributed by atoms with Crippen LogP contribution in [0, 0.1) is 0 Å². The highest BCUT2D eigenvalue weighted by atomic mass is 35.5. The van der Waals surface area contributed by atoms with E-state index < -0.39 is 0 Å². The second kappa shape index (κ2) is 8.25. The summed E-state index contributed by atoms with van der Waals surface area (Å²) >= 11 is 5.48. The van der Waals surface area contributed by atoms with E-state index in [4.69, 9.17) is 16.3 Å². The smallest absolute Gasteiger partial charge is 0.0462 e. The van der Waals surface area contributed by atoms with E-state index in [0.717, 1.165) is 18.9 Å². The van der Waals surface area contributed by atoms with Gasteiger partial charge in [-0.05, 0) is 12.8 Å². The molecule has 0 aromatic rings. The lowest BCUT2D eigenvalue weighted by Gasteiger charge is -1.96. The van der Waals surface area contributed by atoms with E-state index >= 15 is 0 Å². The van der Waals surface area contributed by atoms with Crippen molar-refractivity contribution in [3.63, 3.8) is 0 Å². The Morgan fingerprint density at radius 3 is 2.33 bits per heavy atom. The summed E-state index contributed by atoms with van der Waals surface area (Å²) in [5.41, 5.74) is 0. The van der Waals surface area contributed by atoms with Gasteiger partial charge in [0.25, 0.3) is 0 Å². The van der Waals surface area contributed by atoms with Crippen molar-refractivity contribution in [3.8, 4) is 0 Å². The zero-order chi connectivity index (χ0) is 6.95.